The first-order chi connectivity index (χ1) is 13.0. The van der Waals surface area contributed by atoms with E-state index in [-0.39, 0.29) is 39.0 Å². The highest BCUT2D eigenvalue weighted by Crippen LogP contribution is 2.41. The van der Waals surface area contributed by atoms with Gasteiger partial charge in [-0.05, 0) is 54.9 Å². The van der Waals surface area contributed by atoms with E-state index in [1.54, 1.807) is 0 Å². The Kier molecular flexibility index (Phi) is 4.87. The van der Waals surface area contributed by atoms with Crippen LogP contribution in [0.1, 0.15) is 68.9 Å². The molecule has 0 bridgehead atoms. The van der Waals surface area contributed by atoms with Crippen molar-refractivity contribution in [3.8, 4) is 0 Å². The van der Waals surface area contributed by atoms with Crippen LogP contribution in [0.3, 0.4) is 0 Å². The van der Waals surface area contributed by atoms with E-state index >= 15 is 0 Å². The number of unbranched alkanes of at least 4 members (excludes halogenated alkanes) is 2. The van der Waals surface area contributed by atoms with Crippen LogP contribution < -0.4 is 0 Å². The number of hydrogen-bond donors (Lipinski definition) is 0. The van der Waals surface area contributed by atoms with Crippen LogP contribution in [0.25, 0.3) is 21.9 Å². The van der Waals surface area contributed by atoms with E-state index < -0.39 is 23.3 Å². The molecule has 1 aliphatic rings. The van der Waals surface area contributed by atoms with Crippen LogP contribution in [-0.2, 0) is 6.42 Å². The summed E-state index contributed by atoms with van der Waals surface area (Å²) in [6.45, 7) is 2.03. The summed E-state index contributed by atoms with van der Waals surface area (Å²) < 4.78 is 64.4. The van der Waals surface area contributed by atoms with Crippen LogP contribution in [0, 0.1) is 23.3 Å². The van der Waals surface area contributed by atoms with Crippen molar-refractivity contribution in [2.24, 2.45) is 0 Å². The Morgan fingerprint density at radius 2 is 1.48 bits per heavy atom. The van der Waals surface area contributed by atoms with Crippen LogP contribution >= 0.6 is 0 Å². The van der Waals surface area contributed by atoms with Gasteiger partial charge in [-0.3, -0.25) is 0 Å². The fraction of sp³-hybridized carbons (Fsp3) is 0.455. The molecule has 1 heterocycles. The summed E-state index contributed by atoms with van der Waals surface area (Å²) in [5.41, 5.74) is 0.636. The zero-order chi connectivity index (χ0) is 19.1. The minimum Gasteiger partial charge on any atom is -0.456 e. The second-order valence-electron chi connectivity index (χ2n) is 7.54. The van der Waals surface area contributed by atoms with E-state index in [9.17, 15) is 17.6 Å². The first kappa shape index (κ1) is 18.3. The molecule has 4 rings (SSSR count). The maximum Gasteiger partial charge on any atom is 0.170 e. The summed E-state index contributed by atoms with van der Waals surface area (Å²) in [6, 6.07) is 2.90. The molecule has 0 amide bonds. The standard InChI is InChI=1S/C22H22F4O/c1-2-3-4-9-13-10-15-17(21(25)19(13)23)18-16(27-15)11-14(20(24)22(18)26)12-7-5-6-8-12/h10-12H,2-9H2,1H3. The minimum absolute atomic E-state index is 0.0525. The zero-order valence-corrected chi connectivity index (χ0v) is 15.3. The highest BCUT2D eigenvalue weighted by molar-refractivity contribution is 6.06. The van der Waals surface area contributed by atoms with Gasteiger partial charge in [-0.2, -0.15) is 0 Å². The fourth-order valence-electron chi connectivity index (χ4n) is 4.30. The minimum atomic E-state index is -1.16. The van der Waals surface area contributed by atoms with Gasteiger partial charge in [0.2, 0.25) is 0 Å². The lowest BCUT2D eigenvalue weighted by Gasteiger charge is -2.11. The number of hydrogen-bond acceptors (Lipinski definition) is 1. The van der Waals surface area contributed by atoms with Gasteiger partial charge in [0.25, 0.3) is 0 Å². The lowest BCUT2D eigenvalue weighted by Crippen LogP contribution is -2.00. The predicted molar refractivity (Wildman–Crippen MR) is 98.0 cm³/mol. The average molecular weight is 378 g/mol. The Balaban J connectivity index is 1.90. The van der Waals surface area contributed by atoms with Gasteiger partial charge in [0, 0.05) is 0 Å². The van der Waals surface area contributed by atoms with Gasteiger partial charge in [0.05, 0.1) is 10.8 Å². The first-order valence-electron chi connectivity index (χ1n) is 9.73. The fourth-order valence-corrected chi connectivity index (χ4v) is 4.30. The molecule has 0 unspecified atom stereocenters. The Hall–Kier alpha value is -2.04. The summed E-state index contributed by atoms with van der Waals surface area (Å²) >= 11 is 0. The summed E-state index contributed by atoms with van der Waals surface area (Å²) in [5.74, 6) is -4.33. The molecule has 1 nitrogen and oxygen atoms in total. The third-order valence-electron chi connectivity index (χ3n) is 5.76. The number of fused-ring (bicyclic) bond motifs is 3. The van der Waals surface area contributed by atoms with Gasteiger partial charge in [0.1, 0.15) is 11.2 Å². The van der Waals surface area contributed by atoms with Crippen molar-refractivity contribution in [2.75, 3.05) is 0 Å². The van der Waals surface area contributed by atoms with E-state index in [4.69, 9.17) is 4.42 Å². The molecule has 1 fully saturated rings. The summed E-state index contributed by atoms with van der Waals surface area (Å²) in [5, 5.41) is -0.614. The van der Waals surface area contributed by atoms with E-state index in [2.05, 4.69) is 0 Å². The van der Waals surface area contributed by atoms with Crippen molar-refractivity contribution in [3.05, 3.63) is 46.5 Å². The van der Waals surface area contributed by atoms with E-state index in [1.807, 2.05) is 6.92 Å². The van der Waals surface area contributed by atoms with E-state index in [0.29, 0.717) is 6.42 Å². The largest absolute Gasteiger partial charge is 0.456 e. The van der Waals surface area contributed by atoms with Crippen LogP contribution in [0.2, 0.25) is 0 Å². The molecule has 1 aromatic heterocycles. The SMILES string of the molecule is CCCCCc1cc2oc3cc(C4CCCC4)c(F)c(F)c3c2c(F)c1F. The molecular formula is C22H22F4O. The molecule has 0 N–H and O–H groups in total. The Morgan fingerprint density at radius 3 is 2.15 bits per heavy atom. The monoisotopic (exact) mass is 378 g/mol. The zero-order valence-electron chi connectivity index (χ0n) is 15.3. The predicted octanol–water partition coefficient (Wildman–Crippen LogP) is 7.53. The van der Waals surface area contributed by atoms with Crippen LogP contribution in [0.4, 0.5) is 17.6 Å². The normalized spacial score (nSPS) is 15.4. The molecule has 0 atom stereocenters. The molecule has 3 aromatic rings. The third kappa shape index (κ3) is 3.01. The average Bonchev–Trinajstić information content (AvgIpc) is 3.30. The van der Waals surface area contributed by atoms with Gasteiger partial charge >= 0.3 is 0 Å². The molecule has 0 saturated heterocycles. The van der Waals surface area contributed by atoms with Crippen molar-refractivity contribution in [1.82, 2.24) is 0 Å². The number of aryl methyl sites for hydroxylation is 1. The second-order valence-corrected chi connectivity index (χ2v) is 7.54. The van der Waals surface area contributed by atoms with Gasteiger partial charge in [-0.1, -0.05) is 32.6 Å². The Bertz CT molecular complexity index is 999. The van der Waals surface area contributed by atoms with Gasteiger partial charge in [-0.15, -0.1) is 0 Å². The summed E-state index contributed by atoms with van der Waals surface area (Å²) in [4.78, 5) is 0. The lowest BCUT2D eigenvalue weighted by molar-refractivity contribution is 0.493. The molecule has 1 aliphatic carbocycles. The molecule has 0 aliphatic heterocycles. The summed E-state index contributed by atoms with van der Waals surface area (Å²) in [7, 11) is 0. The molecule has 27 heavy (non-hydrogen) atoms. The van der Waals surface area contributed by atoms with Crippen molar-refractivity contribution < 1.29 is 22.0 Å². The topological polar surface area (TPSA) is 13.1 Å². The summed E-state index contributed by atoms with van der Waals surface area (Å²) in [6.07, 6.45) is 6.53. The van der Waals surface area contributed by atoms with Crippen molar-refractivity contribution in [2.45, 2.75) is 64.2 Å². The maximum atomic E-state index is 14.8. The van der Waals surface area contributed by atoms with Crippen LogP contribution in [-0.4, -0.2) is 0 Å². The molecule has 5 heteroatoms. The molecule has 0 radical (unpaired) electrons. The van der Waals surface area contributed by atoms with Crippen molar-refractivity contribution in [1.29, 1.82) is 0 Å². The number of rotatable bonds is 5. The number of furan rings is 1. The highest BCUT2D eigenvalue weighted by atomic mass is 19.2. The second kappa shape index (κ2) is 7.17. The maximum absolute atomic E-state index is 14.8. The van der Waals surface area contributed by atoms with E-state index in [1.165, 1.54) is 12.1 Å². The van der Waals surface area contributed by atoms with Crippen molar-refractivity contribution in [3.63, 3.8) is 0 Å². The quantitative estimate of drug-likeness (QED) is 0.330. The molecule has 1 saturated carbocycles. The third-order valence-corrected chi connectivity index (χ3v) is 5.76. The molecule has 2 aromatic carbocycles. The molecular weight excluding hydrogens is 356 g/mol. The van der Waals surface area contributed by atoms with E-state index in [0.717, 1.165) is 44.9 Å². The highest BCUT2D eigenvalue weighted by Gasteiger charge is 2.28. The van der Waals surface area contributed by atoms with Gasteiger partial charge in [0.15, 0.2) is 23.3 Å². The lowest BCUT2D eigenvalue weighted by atomic mass is 9.95. The van der Waals surface area contributed by atoms with Gasteiger partial charge in [-0.25, -0.2) is 17.6 Å². The molecule has 144 valence electrons. The Morgan fingerprint density at radius 1 is 0.852 bits per heavy atom. The van der Waals surface area contributed by atoms with Gasteiger partial charge < -0.3 is 4.42 Å². The smallest absolute Gasteiger partial charge is 0.170 e. The van der Waals surface area contributed by atoms with Crippen LogP contribution in [0.5, 0.6) is 0 Å². The molecule has 0 spiro atoms. The number of benzene rings is 2. The Labute approximate surface area is 155 Å². The van der Waals surface area contributed by atoms with Crippen LogP contribution in [0.15, 0.2) is 16.5 Å². The van der Waals surface area contributed by atoms with Crippen molar-refractivity contribution >= 4 is 21.9 Å². The number of halogens is 4. The first-order valence-corrected chi connectivity index (χ1v) is 9.73.